The third-order valence-corrected chi connectivity index (χ3v) is 15.5. The van der Waals surface area contributed by atoms with Gasteiger partial charge in [0.25, 0.3) is 0 Å². The zero-order valence-corrected chi connectivity index (χ0v) is 34.6. The van der Waals surface area contributed by atoms with Crippen molar-refractivity contribution < 1.29 is 9.53 Å². The molecule has 4 rings (SSSR count). The van der Waals surface area contributed by atoms with E-state index in [1.165, 1.54) is 135 Å². The fraction of sp³-hybridized carbons (Fsp3) is 0.896. The largest absolute Gasteiger partial charge is 0.462 e. The number of hydrogen-bond donors (Lipinski definition) is 0. The summed E-state index contributed by atoms with van der Waals surface area (Å²) < 4.78 is 6.14. The van der Waals surface area contributed by atoms with Crippen LogP contribution in [0.4, 0.5) is 0 Å². The van der Waals surface area contributed by atoms with Crippen molar-refractivity contribution in [2.75, 3.05) is 0 Å². The number of unbranched alkanes of at least 4 members (excludes halogenated alkanes) is 12. The number of carbonyl (C=O) groups excluding carboxylic acids is 1. The Morgan fingerprint density at radius 2 is 1.46 bits per heavy atom. The first-order valence-electron chi connectivity index (χ1n) is 22.7. The SMILES string of the molecule is CCCCCCCCC/C=C/CCCCCCCC(=O)OC1CCC2(C)C(=CCC3C2CCC2(C)C(C(C)CCC(CC)C(C)C)CCC32)C1. The fourth-order valence-electron chi connectivity index (χ4n) is 12.2. The molecule has 0 aromatic rings. The minimum Gasteiger partial charge on any atom is -0.462 e. The molecule has 4 aliphatic rings. The zero-order valence-electron chi connectivity index (χ0n) is 34.6. The van der Waals surface area contributed by atoms with Crippen molar-refractivity contribution in [2.24, 2.45) is 52.3 Å². The minimum atomic E-state index is 0.0550. The molecule has 2 heteroatoms. The average Bonchev–Trinajstić information content (AvgIpc) is 3.45. The highest BCUT2D eigenvalue weighted by Gasteiger charge is 2.59. The van der Waals surface area contributed by atoms with E-state index in [2.05, 4.69) is 66.7 Å². The van der Waals surface area contributed by atoms with Gasteiger partial charge in [0.15, 0.2) is 0 Å². The van der Waals surface area contributed by atoms with Crippen LogP contribution < -0.4 is 0 Å². The van der Waals surface area contributed by atoms with E-state index >= 15 is 0 Å². The highest BCUT2D eigenvalue weighted by Crippen LogP contribution is 2.67. The van der Waals surface area contributed by atoms with Gasteiger partial charge < -0.3 is 4.74 Å². The van der Waals surface area contributed by atoms with Gasteiger partial charge in [-0.25, -0.2) is 0 Å². The number of esters is 1. The van der Waals surface area contributed by atoms with Crippen molar-refractivity contribution in [3.63, 3.8) is 0 Å². The van der Waals surface area contributed by atoms with Crippen molar-refractivity contribution >= 4 is 5.97 Å². The second kappa shape index (κ2) is 21.0. The molecule has 0 amide bonds. The van der Waals surface area contributed by atoms with Crippen molar-refractivity contribution in [3.05, 3.63) is 23.8 Å². The first kappa shape index (κ1) is 41.7. The molecule has 0 aromatic heterocycles. The molecule has 0 radical (unpaired) electrons. The van der Waals surface area contributed by atoms with Gasteiger partial charge in [-0.3, -0.25) is 4.79 Å². The van der Waals surface area contributed by atoms with Crippen LogP contribution in [0, 0.1) is 52.3 Å². The van der Waals surface area contributed by atoms with Gasteiger partial charge in [-0.15, -0.1) is 0 Å². The molecule has 0 aromatic carbocycles. The molecular weight excluding hydrogens is 609 g/mol. The zero-order chi connectivity index (χ0) is 36.0. The Labute approximate surface area is 312 Å². The summed E-state index contributed by atoms with van der Waals surface area (Å²) in [5, 5.41) is 0. The van der Waals surface area contributed by atoms with Gasteiger partial charge in [-0.2, -0.15) is 0 Å². The summed E-state index contributed by atoms with van der Waals surface area (Å²) in [5.74, 6) is 6.15. The lowest BCUT2D eigenvalue weighted by molar-refractivity contribution is -0.151. The third kappa shape index (κ3) is 11.2. The van der Waals surface area contributed by atoms with Crippen molar-refractivity contribution in [2.45, 2.75) is 222 Å². The molecule has 50 heavy (non-hydrogen) atoms. The van der Waals surface area contributed by atoms with Crippen LogP contribution in [-0.2, 0) is 9.53 Å². The van der Waals surface area contributed by atoms with Crippen LogP contribution in [0.25, 0.3) is 0 Å². The normalized spacial score (nSPS) is 32.0. The molecule has 0 heterocycles. The van der Waals surface area contributed by atoms with Gasteiger partial charge in [0.1, 0.15) is 6.10 Å². The topological polar surface area (TPSA) is 26.3 Å². The summed E-state index contributed by atoms with van der Waals surface area (Å²) >= 11 is 0. The van der Waals surface area contributed by atoms with E-state index in [0.29, 0.717) is 17.3 Å². The monoisotopic (exact) mass is 693 g/mol. The van der Waals surface area contributed by atoms with E-state index in [1.807, 2.05) is 0 Å². The standard InChI is InChI=1S/C48H84O2/c1-8-10-11-12-13-14-15-16-17-18-19-20-21-22-23-24-25-46(49)50-41-32-34-47(6)40(36-41)28-29-42-44-31-30-43(48(44,7)35-33-45(42)47)38(5)26-27-39(9-2)37(3)4/h17-18,28,37-39,41-45H,8-16,19-27,29-36H2,1-7H3/b18-17+. The van der Waals surface area contributed by atoms with Crippen LogP contribution in [0.15, 0.2) is 23.8 Å². The lowest BCUT2D eigenvalue weighted by atomic mass is 9.47. The van der Waals surface area contributed by atoms with Gasteiger partial charge in [0.2, 0.25) is 0 Å². The van der Waals surface area contributed by atoms with Crippen LogP contribution in [-0.4, -0.2) is 12.1 Å². The average molecular weight is 693 g/mol. The van der Waals surface area contributed by atoms with E-state index in [-0.39, 0.29) is 12.1 Å². The molecule has 3 fully saturated rings. The van der Waals surface area contributed by atoms with E-state index in [1.54, 1.807) is 5.57 Å². The van der Waals surface area contributed by atoms with Crippen LogP contribution >= 0.6 is 0 Å². The van der Waals surface area contributed by atoms with Gasteiger partial charge in [0.05, 0.1) is 0 Å². The van der Waals surface area contributed by atoms with E-state index in [9.17, 15) is 4.79 Å². The third-order valence-electron chi connectivity index (χ3n) is 15.5. The molecule has 3 saturated carbocycles. The number of fused-ring (bicyclic) bond motifs is 5. The summed E-state index contributed by atoms with van der Waals surface area (Å²) in [4.78, 5) is 12.9. The molecule has 9 unspecified atom stereocenters. The molecule has 0 aliphatic heterocycles. The first-order valence-corrected chi connectivity index (χ1v) is 22.7. The Kier molecular flexibility index (Phi) is 17.5. The molecular formula is C48H84O2. The fourth-order valence-corrected chi connectivity index (χ4v) is 12.2. The Hall–Kier alpha value is -1.05. The molecule has 4 aliphatic carbocycles. The van der Waals surface area contributed by atoms with Gasteiger partial charge >= 0.3 is 5.97 Å². The van der Waals surface area contributed by atoms with Crippen LogP contribution in [0.3, 0.4) is 0 Å². The molecule has 0 spiro atoms. The summed E-state index contributed by atoms with van der Waals surface area (Å²) in [6.07, 6.45) is 40.9. The maximum absolute atomic E-state index is 12.9. The molecule has 9 atom stereocenters. The highest BCUT2D eigenvalue weighted by molar-refractivity contribution is 5.69. The van der Waals surface area contributed by atoms with Gasteiger partial charge in [0, 0.05) is 12.8 Å². The minimum absolute atomic E-state index is 0.0550. The number of rotatable bonds is 23. The second-order valence-corrected chi connectivity index (χ2v) is 19.0. The Morgan fingerprint density at radius 1 is 0.800 bits per heavy atom. The van der Waals surface area contributed by atoms with Crippen LogP contribution in [0.5, 0.6) is 0 Å². The Balaban J connectivity index is 1.12. The predicted molar refractivity (Wildman–Crippen MR) is 216 cm³/mol. The summed E-state index contributed by atoms with van der Waals surface area (Å²) in [6, 6.07) is 0. The molecule has 0 saturated heterocycles. The van der Waals surface area contributed by atoms with Crippen molar-refractivity contribution in [1.29, 1.82) is 0 Å². The van der Waals surface area contributed by atoms with Crippen LogP contribution in [0.1, 0.15) is 215 Å². The van der Waals surface area contributed by atoms with E-state index in [0.717, 1.165) is 67.1 Å². The Bertz CT molecular complexity index is 1040. The van der Waals surface area contributed by atoms with E-state index < -0.39 is 0 Å². The first-order chi connectivity index (χ1) is 24.1. The number of carbonyl (C=O) groups is 1. The number of allylic oxidation sites excluding steroid dienone is 3. The van der Waals surface area contributed by atoms with E-state index in [4.69, 9.17) is 4.74 Å². The summed E-state index contributed by atoms with van der Waals surface area (Å²) in [6.45, 7) is 17.5. The maximum atomic E-state index is 12.9. The summed E-state index contributed by atoms with van der Waals surface area (Å²) in [5.41, 5.74) is 2.51. The lowest BCUT2D eigenvalue weighted by Gasteiger charge is -2.58. The predicted octanol–water partition coefficient (Wildman–Crippen LogP) is 15.0. The summed E-state index contributed by atoms with van der Waals surface area (Å²) in [7, 11) is 0. The molecule has 288 valence electrons. The molecule has 2 nitrogen and oxygen atoms in total. The second-order valence-electron chi connectivity index (χ2n) is 19.0. The molecule has 0 bridgehead atoms. The van der Waals surface area contributed by atoms with Gasteiger partial charge in [-0.05, 0) is 136 Å². The van der Waals surface area contributed by atoms with Crippen LogP contribution in [0.2, 0.25) is 0 Å². The quantitative estimate of drug-likeness (QED) is 0.0605. The number of ether oxygens (including phenoxy) is 1. The van der Waals surface area contributed by atoms with Gasteiger partial charge in [-0.1, -0.05) is 143 Å². The molecule has 0 N–H and O–H groups in total. The lowest BCUT2D eigenvalue weighted by Crippen LogP contribution is -2.51. The highest BCUT2D eigenvalue weighted by atomic mass is 16.5. The van der Waals surface area contributed by atoms with Crippen molar-refractivity contribution in [3.8, 4) is 0 Å². The Morgan fingerprint density at radius 3 is 2.12 bits per heavy atom. The van der Waals surface area contributed by atoms with Crippen molar-refractivity contribution in [1.82, 2.24) is 0 Å². The maximum Gasteiger partial charge on any atom is 0.306 e. The smallest absolute Gasteiger partial charge is 0.306 e. The number of hydrogen-bond acceptors (Lipinski definition) is 2.